The van der Waals surface area contributed by atoms with Gasteiger partial charge in [0.05, 0.1) is 12.0 Å². The first kappa shape index (κ1) is 17.0. The van der Waals surface area contributed by atoms with E-state index < -0.39 is 0 Å². The molecule has 1 aromatic carbocycles. The number of H-pyrrole nitrogens is 2. The minimum atomic E-state index is -0.0448. The molecule has 0 aliphatic heterocycles. The van der Waals surface area contributed by atoms with Crippen LogP contribution in [-0.4, -0.2) is 44.1 Å². The van der Waals surface area contributed by atoms with E-state index in [0.29, 0.717) is 11.1 Å². The maximum Gasteiger partial charge on any atom is 0.240 e. The van der Waals surface area contributed by atoms with Crippen molar-refractivity contribution in [3.63, 3.8) is 0 Å². The number of fused-ring (bicyclic) bond motifs is 1. The zero-order valence-electron chi connectivity index (χ0n) is 13.9. The third kappa shape index (κ3) is 4.60. The highest BCUT2D eigenvalue weighted by Gasteiger charge is 2.08. The van der Waals surface area contributed by atoms with E-state index in [1.165, 1.54) is 11.8 Å². The van der Waals surface area contributed by atoms with Crippen LogP contribution in [0.15, 0.2) is 40.7 Å². The molecule has 0 radical (unpaired) electrons. The van der Waals surface area contributed by atoms with Gasteiger partial charge < -0.3 is 10.3 Å². The van der Waals surface area contributed by atoms with E-state index in [-0.39, 0.29) is 17.7 Å². The highest BCUT2D eigenvalue weighted by molar-refractivity contribution is 7.99. The smallest absolute Gasteiger partial charge is 0.240 e. The van der Waals surface area contributed by atoms with Crippen molar-refractivity contribution < 1.29 is 4.79 Å². The predicted octanol–water partition coefficient (Wildman–Crippen LogP) is 2.35. The Morgan fingerprint density at radius 3 is 3.08 bits per heavy atom. The van der Waals surface area contributed by atoms with Gasteiger partial charge in [0.15, 0.2) is 0 Å². The number of nitrogens with one attached hydrogen (secondary N) is 4. The number of rotatable bonds is 7. The second-order valence-electron chi connectivity index (χ2n) is 5.64. The normalized spacial score (nSPS) is 11.5. The van der Waals surface area contributed by atoms with Crippen molar-refractivity contribution in [3.05, 3.63) is 36.0 Å². The van der Waals surface area contributed by atoms with Crippen molar-refractivity contribution >= 4 is 40.7 Å². The lowest BCUT2D eigenvalue weighted by Crippen LogP contribution is -2.31. The third-order valence-electron chi connectivity index (χ3n) is 3.24. The van der Waals surface area contributed by atoms with Crippen molar-refractivity contribution in [1.29, 1.82) is 0 Å². The average molecular weight is 357 g/mol. The molecule has 25 heavy (non-hydrogen) atoms. The molecule has 0 aliphatic carbocycles. The monoisotopic (exact) mass is 357 g/mol. The topological polar surface area (TPSA) is 111 Å². The van der Waals surface area contributed by atoms with Crippen molar-refractivity contribution in [3.8, 4) is 0 Å². The van der Waals surface area contributed by atoms with Gasteiger partial charge in [-0.3, -0.25) is 4.79 Å². The number of aromatic nitrogens is 4. The summed E-state index contributed by atoms with van der Waals surface area (Å²) >= 11 is 1.26. The number of aromatic amines is 2. The van der Waals surface area contributed by atoms with Gasteiger partial charge in [0.25, 0.3) is 0 Å². The lowest BCUT2D eigenvalue weighted by Gasteiger charge is -2.06. The zero-order chi connectivity index (χ0) is 17.6. The Kier molecular flexibility index (Phi) is 5.34. The number of thioether (sulfide) groups is 1. The fraction of sp³-hybridized carbons (Fsp3) is 0.250. The highest BCUT2D eigenvalue weighted by Crippen LogP contribution is 2.16. The molecule has 0 aliphatic rings. The van der Waals surface area contributed by atoms with Gasteiger partial charge in [0, 0.05) is 28.7 Å². The van der Waals surface area contributed by atoms with Gasteiger partial charge in [-0.05, 0) is 19.9 Å². The Balaban J connectivity index is 1.54. The molecule has 2 aromatic heterocycles. The van der Waals surface area contributed by atoms with Gasteiger partial charge in [-0.25, -0.2) is 10.5 Å². The molecule has 3 aromatic rings. The van der Waals surface area contributed by atoms with Gasteiger partial charge >= 0.3 is 0 Å². The predicted molar refractivity (Wildman–Crippen MR) is 99.9 cm³/mol. The summed E-state index contributed by atoms with van der Waals surface area (Å²) in [6.45, 7) is 3.84. The Bertz CT molecular complexity index is 883. The van der Waals surface area contributed by atoms with Crippen molar-refractivity contribution in [1.82, 2.24) is 25.5 Å². The first-order valence-electron chi connectivity index (χ1n) is 7.81. The molecule has 0 saturated carbocycles. The van der Waals surface area contributed by atoms with E-state index >= 15 is 0 Å². The minimum Gasteiger partial charge on any atom is -0.361 e. The highest BCUT2D eigenvalue weighted by atomic mass is 32.2. The molecule has 0 spiro atoms. The summed E-state index contributed by atoms with van der Waals surface area (Å²) in [5.41, 5.74) is 4.83. The summed E-state index contributed by atoms with van der Waals surface area (Å²) in [5.74, 6) is 0.646. The van der Waals surface area contributed by atoms with Crippen molar-refractivity contribution in [2.45, 2.75) is 25.0 Å². The first-order valence-corrected chi connectivity index (χ1v) is 8.80. The summed E-state index contributed by atoms with van der Waals surface area (Å²) in [6, 6.07) is 8.12. The number of carbonyl (C=O) groups excluding carboxylic acids is 1. The van der Waals surface area contributed by atoms with Crippen LogP contribution >= 0.6 is 11.8 Å². The van der Waals surface area contributed by atoms with Gasteiger partial charge in [-0.15, -0.1) is 5.10 Å². The Hall–Kier alpha value is -2.81. The van der Waals surface area contributed by atoms with Crippen LogP contribution in [0.5, 0.6) is 0 Å². The summed E-state index contributed by atoms with van der Waals surface area (Å²) in [5, 5.41) is 15.3. The van der Waals surface area contributed by atoms with Crippen LogP contribution in [0.1, 0.15) is 19.4 Å². The van der Waals surface area contributed by atoms with Crippen LogP contribution in [0.2, 0.25) is 0 Å². The number of carbonyl (C=O) groups is 1. The van der Waals surface area contributed by atoms with Crippen molar-refractivity contribution in [2.75, 3.05) is 11.2 Å². The summed E-state index contributed by atoms with van der Waals surface area (Å²) < 4.78 is 0. The number of hydrogen-bond acceptors (Lipinski definition) is 6. The lowest BCUT2D eigenvalue weighted by atomic mass is 10.2. The summed E-state index contributed by atoms with van der Waals surface area (Å²) in [4.78, 5) is 19.0. The second-order valence-corrected chi connectivity index (χ2v) is 6.58. The standard InChI is InChI=1S/C16H19N7OS/c1-10(2)19-14(24)9-25-16-20-15(22-23-16)21-18-8-11-7-17-13-6-4-3-5-12(11)13/h3-8,10,17H,9H2,1-2H3,(H,19,24)(H2,20,21,22,23)/b18-8+. The molecular formula is C16H19N7OS. The molecule has 3 rings (SSSR count). The third-order valence-corrected chi connectivity index (χ3v) is 4.09. The van der Waals surface area contributed by atoms with Gasteiger partial charge in [-0.2, -0.15) is 10.1 Å². The first-order chi connectivity index (χ1) is 12.1. The number of benzene rings is 1. The quantitative estimate of drug-likeness (QED) is 0.295. The molecule has 9 heteroatoms. The molecule has 1 amide bonds. The number of nitrogens with zero attached hydrogens (tertiary/aromatic N) is 3. The fourth-order valence-corrected chi connectivity index (χ4v) is 2.83. The molecule has 0 unspecified atom stereocenters. The van der Waals surface area contributed by atoms with Crippen LogP contribution in [0.4, 0.5) is 5.95 Å². The van der Waals surface area contributed by atoms with E-state index in [0.717, 1.165) is 16.5 Å². The largest absolute Gasteiger partial charge is 0.361 e. The molecule has 0 saturated heterocycles. The molecule has 0 atom stereocenters. The molecule has 130 valence electrons. The van der Waals surface area contributed by atoms with E-state index in [4.69, 9.17) is 0 Å². The Labute approximate surface area is 148 Å². The van der Waals surface area contributed by atoms with Crippen molar-refractivity contribution in [2.24, 2.45) is 5.10 Å². The van der Waals surface area contributed by atoms with E-state index in [2.05, 4.69) is 36.0 Å². The van der Waals surface area contributed by atoms with E-state index in [9.17, 15) is 4.79 Å². The molecule has 2 heterocycles. The molecule has 0 fully saturated rings. The van der Waals surface area contributed by atoms with Crippen LogP contribution in [0, 0.1) is 0 Å². The number of hydrazone groups is 1. The van der Waals surface area contributed by atoms with Gasteiger partial charge in [-0.1, -0.05) is 30.0 Å². The zero-order valence-corrected chi connectivity index (χ0v) is 14.7. The van der Waals surface area contributed by atoms with Crippen LogP contribution in [-0.2, 0) is 4.79 Å². The van der Waals surface area contributed by atoms with Gasteiger partial charge in [0.1, 0.15) is 0 Å². The number of amides is 1. The maximum absolute atomic E-state index is 11.6. The molecule has 0 bridgehead atoms. The average Bonchev–Trinajstić information content (AvgIpc) is 3.20. The minimum absolute atomic E-state index is 0.0448. The van der Waals surface area contributed by atoms with E-state index in [1.807, 2.05) is 44.3 Å². The number of anilines is 1. The molecule has 4 N–H and O–H groups in total. The summed E-state index contributed by atoms with van der Waals surface area (Å²) in [7, 11) is 0. The maximum atomic E-state index is 11.6. The summed E-state index contributed by atoms with van der Waals surface area (Å²) in [6.07, 6.45) is 3.61. The fourth-order valence-electron chi connectivity index (χ4n) is 2.22. The number of para-hydroxylation sites is 1. The Morgan fingerprint density at radius 1 is 1.40 bits per heavy atom. The van der Waals surface area contributed by atoms with Crippen LogP contribution in [0.25, 0.3) is 10.9 Å². The second kappa shape index (κ2) is 7.84. The molecule has 8 nitrogen and oxygen atoms in total. The van der Waals surface area contributed by atoms with Crippen LogP contribution in [0.3, 0.4) is 0 Å². The SMILES string of the molecule is CC(C)NC(=O)CSc1n[nH]c(N/N=C/c2c[nH]c3ccccc23)n1. The van der Waals surface area contributed by atoms with Crippen LogP contribution < -0.4 is 10.7 Å². The molecular weight excluding hydrogens is 338 g/mol. The van der Waals surface area contributed by atoms with E-state index in [1.54, 1.807) is 6.21 Å². The van der Waals surface area contributed by atoms with Gasteiger partial charge in [0.2, 0.25) is 17.0 Å². The number of hydrogen-bond donors (Lipinski definition) is 4. The Morgan fingerprint density at radius 2 is 2.24 bits per heavy atom. The lowest BCUT2D eigenvalue weighted by molar-refractivity contribution is -0.119.